The van der Waals surface area contributed by atoms with Gasteiger partial charge in [-0.1, -0.05) is 19.8 Å². The molecule has 2 aliphatic rings. The monoisotopic (exact) mass is 402 g/mol. The number of carbonyl (C=O) groups is 1. The lowest BCUT2D eigenvalue weighted by Crippen LogP contribution is -2.25. The van der Waals surface area contributed by atoms with Crippen molar-refractivity contribution < 1.29 is 19.0 Å². The molecular weight excluding hydrogens is 364 g/mol. The van der Waals surface area contributed by atoms with Gasteiger partial charge in [0.05, 0.1) is 12.5 Å². The second-order valence-corrected chi connectivity index (χ2v) is 9.05. The third-order valence-corrected chi connectivity index (χ3v) is 6.77. The summed E-state index contributed by atoms with van der Waals surface area (Å²) in [5, 5.41) is 0. The Labute approximate surface area is 176 Å². The van der Waals surface area contributed by atoms with E-state index in [0.29, 0.717) is 17.6 Å². The Balaban J connectivity index is 1.37. The average molecular weight is 403 g/mol. The molecule has 1 aromatic rings. The van der Waals surface area contributed by atoms with Gasteiger partial charge in [-0.25, -0.2) is 0 Å². The van der Waals surface area contributed by atoms with Crippen LogP contribution in [-0.4, -0.2) is 26.3 Å². The first-order chi connectivity index (χ1) is 14.2. The highest BCUT2D eigenvalue weighted by Gasteiger charge is 2.27. The highest BCUT2D eigenvalue weighted by Crippen LogP contribution is 2.33. The van der Waals surface area contributed by atoms with Crippen molar-refractivity contribution >= 4 is 5.97 Å². The molecule has 2 fully saturated rings. The zero-order chi connectivity index (χ0) is 20.5. The molecule has 1 aromatic carbocycles. The summed E-state index contributed by atoms with van der Waals surface area (Å²) in [4.78, 5) is 12.5. The molecule has 162 valence electrons. The lowest BCUT2D eigenvalue weighted by molar-refractivity contribution is -0.140. The Hall–Kier alpha value is -1.55. The summed E-state index contributed by atoms with van der Waals surface area (Å²) in [7, 11) is 1.79. The molecule has 0 amide bonds. The van der Waals surface area contributed by atoms with Crippen LogP contribution >= 0.6 is 0 Å². The first-order valence-electron chi connectivity index (χ1n) is 11.6. The maximum atomic E-state index is 12.5. The molecule has 0 spiro atoms. The average Bonchev–Trinajstić information content (AvgIpc) is 2.75. The van der Waals surface area contributed by atoms with Crippen LogP contribution < -0.4 is 9.47 Å². The minimum Gasteiger partial charge on any atom is -0.493 e. The van der Waals surface area contributed by atoms with Crippen LogP contribution in [0.4, 0.5) is 0 Å². The van der Waals surface area contributed by atoms with Crippen LogP contribution in [0, 0.1) is 23.7 Å². The van der Waals surface area contributed by atoms with Crippen LogP contribution in [0.5, 0.6) is 11.5 Å². The van der Waals surface area contributed by atoms with Crippen molar-refractivity contribution in [3.05, 3.63) is 24.3 Å². The molecule has 0 heterocycles. The quantitative estimate of drug-likeness (QED) is 0.374. The van der Waals surface area contributed by atoms with E-state index in [-0.39, 0.29) is 11.9 Å². The van der Waals surface area contributed by atoms with Gasteiger partial charge in [0, 0.05) is 13.7 Å². The van der Waals surface area contributed by atoms with Gasteiger partial charge in [0.25, 0.3) is 0 Å². The molecule has 0 atom stereocenters. The second-order valence-electron chi connectivity index (χ2n) is 9.05. The summed E-state index contributed by atoms with van der Waals surface area (Å²) in [5.41, 5.74) is 0. The third-order valence-electron chi connectivity index (χ3n) is 6.77. The van der Waals surface area contributed by atoms with Gasteiger partial charge in [-0.3, -0.25) is 4.79 Å². The summed E-state index contributed by atoms with van der Waals surface area (Å²) in [6.45, 7) is 3.88. The zero-order valence-corrected chi connectivity index (χ0v) is 18.2. The van der Waals surface area contributed by atoms with E-state index >= 15 is 0 Å². The topological polar surface area (TPSA) is 44.8 Å². The fourth-order valence-electron chi connectivity index (χ4n) is 4.91. The van der Waals surface area contributed by atoms with Crippen LogP contribution in [-0.2, 0) is 9.53 Å². The van der Waals surface area contributed by atoms with Gasteiger partial charge in [-0.05, 0) is 93.4 Å². The van der Waals surface area contributed by atoms with Crippen molar-refractivity contribution in [1.29, 1.82) is 0 Å². The van der Waals surface area contributed by atoms with Gasteiger partial charge in [0.15, 0.2) is 0 Å². The molecule has 0 unspecified atom stereocenters. The third kappa shape index (κ3) is 7.02. The van der Waals surface area contributed by atoms with E-state index in [2.05, 4.69) is 6.92 Å². The second kappa shape index (κ2) is 11.6. The van der Waals surface area contributed by atoms with E-state index in [1.165, 1.54) is 38.5 Å². The predicted molar refractivity (Wildman–Crippen MR) is 115 cm³/mol. The van der Waals surface area contributed by atoms with Crippen molar-refractivity contribution in [3.8, 4) is 11.5 Å². The number of esters is 1. The van der Waals surface area contributed by atoms with E-state index in [1.54, 1.807) is 7.11 Å². The SMILES string of the molecule is CCCC1CCC(C(=O)Oc2ccc(OCC3CCC(COC)CC3)cc2)CC1. The molecule has 3 rings (SSSR count). The first kappa shape index (κ1) is 22.1. The number of hydrogen-bond acceptors (Lipinski definition) is 4. The summed E-state index contributed by atoms with van der Waals surface area (Å²) < 4.78 is 16.9. The number of ether oxygens (including phenoxy) is 3. The van der Waals surface area contributed by atoms with Gasteiger partial charge in [0.1, 0.15) is 11.5 Å². The minimum atomic E-state index is -0.0681. The largest absolute Gasteiger partial charge is 0.493 e. The van der Waals surface area contributed by atoms with E-state index in [1.807, 2.05) is 24.3 Å². The zero-order valence-electron chi connectivity index (χ0n) is 18.2. The van der Waals surface area contributed by atoms with E-state index in [4.69, 9.17) is 14.2 Å². The lowest BCUT2D eigenvalue weighted by Gasteiger charge is -2.28. The van der Waals surface area contributed by atoms with Crippen LogP contribution in [0.15, 0.2) is 24.3 Å². The van der Waals surface area contributed by atoms with Crippen LogP contribution in [0.2, 0.25) is 0 Å². The maximum Gasteiger partial charge on any atom is 0.314 e. The van der Waals surface area contributed by atoms with Crippen LogP contribution in [0.25, 0.3) is 0 Å². The number of methoxy groups -OCH3 is 1. The molecule has 0 bridgehead atoms. The van der Waals surface area contributed by atoms with Gasteiger partial charge in [-0.2, -0.15) is 0 Å². The highest BCUT2D eigenvalue weighted by molar-refractivity contribution is 5.75. The van der Waals surface area contributed by atoms with Crippen molar-refractivity contribution in [3.63, 3.8) is 0 Å². The molecule has 0 aromatic heterocycles. The van der Waals surface area contributed by atoms with Gasteiger partial charge in [0.2, 0.25) is 0 Å². The summed E-state index contributed by atoms with van der Waals surface area (Å²) in [5.74, 6) is 3.61. The number of rotatable bonds is 9. The Morgan fingerprint density at radius 3 is 1.97 bits per heavy atom. The fraction of sp³-hybridized carbons (Fsp3) is 0.720. The van der Waals surface area contributed by atoms with E-state index in [9.17, 15) is 4.79 Å². The molecule has 4 heteroatoms. The van der Waals surface area contributed by atoms with Gasteiger partial charge >= 0.3 is 5.97 Å². The molecule has 0 radical (unpaired) electrons. The van der Waals surface area contributed by atoms with Crippen LogP contribution in [0.3, 0.4) is 0 Å². The van der Waals surface area contributed by atoms with Crippen molar-refractivity contribution in [2.24, 2.45) is 23.7 Å². The molecule has 0 aliphatic heterocycles. The standard InChI is InChI=1S/C25H38O4/c1-3-4-19-9-11-22(12-10-19)25(26)29-24-15-13-23(14-16-24)28-18-21-7-5-20(6-8-21)17-27-2/h13-16,19-22H,3-12,17-18H2,1-2H3. The molecular formula is C25H38O4. The molecule has 29 heavy (non-hydrogen) atoms. The number of carbonyl (C=O) groups excluding carboxylic acids is 1. The number of benzene rings is 1. The Morgan fingerprint density at radius 2 is 1.38 bits per heavy atom. The van der Waals surface area contributed by atoms with Gasteiger partial charge < -0.3 is 14.2 Å². The van der Waals surface area contributed by atoms with Gasteiger partial charge in [-0.15, -0.1) is 0 Å². The molecule has 2 saturated carbocycles. The van der Waals surface area contributed by atoms with Crippen molar-refractivity contribution in [2.45, 2.75) is 71.1 Å². The molecule has 0 saturated heterocycles. The van der Waals surface area contributed by atoms with Crippen molar-refractivity contribution in [2.75, 3.05) is 20.3 Å². The van der Waals surface area contributed by atoms with E-state index < -0.39 is 0 Å². The Morgan fingerprint density at radius 1 is 0.828 bits per heavy atom. The molecule has 0 N–H and O–H groups in total. The smallest absolute Gasteiger partial charge is 0.314 e. The summed E-state index contributed by atoms with van der Waals surface area (Å²) in [6.07, 6.45) is 11.7. The molecule has 2 aliphatic carbocycles. The highest BCUT2D eigenvalue weighted by atomic mass is 16.5. The maximum absolute atomic E-state index is 12.5. The lowest BCUT2D eigenvalue weighted by atomic mass is 9.80. The predicted octanol–water partition coefficient (Wildman–Crippen LogP) is 6.03. The summed E-state index contributed by atoms with van der Waals surface area (Å²) in [6, 6.07) is 7.53. The molecule has 4 nitrogen and oxygen atoms in total. The number of hydrogen-bond donors (Lipinski definition) is 0. The Kier molecular flexibility index (Phi) is 8.85. The van der Waals surface area contributed by atoms with Crippen molar-refractivity contribution in [1.82, 2.24) is 0 Å². The normalized spacial score (nSPS) is 27.4. The fourth-order valence-corrected chi connectivity index (χ4v) is 4.91. The summed E-state index contributed by atoms with van der Waals surface area (Å²) >= 11 is 0. The van der Waals surface area contributed by atoms with Crippen LogP contribution in [0.1, 0.15) is 71.1 Å². The van der Waals surface area contributed by atoms with E-state index in [0.717, 1.165) is 50.6 Å². The first-order valence-corrected chi connectivity index (χ1v) is 11.6. The minimum absolute atomic E-state index is 0.0623. The Bertz CT molecular complexity index is 596.